The summed E-state index contributed by atoms with van der Waals surface area (Å²) < 4.78 is 10.7. The summed E-state index contributed by atoms with van der Waals surface area (Å²) >= 11 is 7.71. The van der Waals surface area contributed by atoms with Gasteiger partial charge in [0.2, 0.25) is 5.91 Å². The van der Waals surface area contributed by atoms with Crippen LogP contribution in [0, 0.1) is 0 Å². The van der Waals surface area contributed by atoms with Crippen LogP contribution in [-0.4, -0.2) is 30.8 Å². The van der Waals surface area contributed by atoms with Gasteiger partial charge in [0.15, 0.2) is 0 Å². The van der Waals surface area contributed by atoms with E-state index in [4.69, 9.17) is 21.1 Å². The SMILES string of the molecule is COc1ccc(OC)c(CN2C(=O)CSC2c2cccc(Cl)c2)c1. The Hall–Kier alpha value is -1.85. The van der Waals surface area contributed by atoms with Gasteiger partial charge in [-0.15, -0.1) is 11.8 Å². The molecule has 0 radical (unpaired) electrons. The van der Waals surface area contributed by atoms with Gasteiger partial charge in [0.1, 0.15) is 16.9 Å². The van der Waals surface area contributed by atoms with Crippen LogP contribution in [0.25, 0.3) is 0 Å². The van der Waals surface area contributed by atoms with Crippen molar-refractivity contribution in [2.75, 3.05) is 20.0 Å². The van der Waals surface area contributed by atoms with E-state index in [2.05, 4.69) is 0 Å². The van der Waals surface area contributed by atoms with E-state index in [0.29, 0.717) is 17.3 Å². The first-order chi connectivity index (χ1) is 11.6. The molecule has 2 aromatic carbocycles. The molecular weight excluding hydrogens is 346 g/mol. The van der Waals surface area contributed by atoms with Crippen LogP contribution < -0.4 is 9.47 Å². The van der Waals surface area contributed by atoms with Gasteiger partial charge in [-0.3, -0.25) is 4.79 Å². The van der Waals surface area contributed by atoms with Gasteiger partial charge in [-0.1, -0.05) is 23.7 Å². The first kappa shape index (κ1) is 17.0. The van der Waals surface area contributed by atoms with Gasteiger partial charge in [-0.2, -0.15) is 0 Å². The van der Waals surface area contributed by atoms with Gasteiger partial charge in [-0.05, 0) is 35.9 Å². The van der Waals surface area contributed by atoms with E-state index in [-0.39, 0.29) is 11.3 Å². The monoisotopic (exact) mass is 363 g/mol. The molecule has 4 nitrogen and oxygen atoms in total. The minimum absolute atomic E-state index is 0.0490. The van der Waals surface area contributed by atoms with E-state index in [0.717, 1.165) is 22.6 Å². The van der Waals surface area contributed by atoms with Crippen LogP contribution in [0.1, 0.15) is 16.5 Å². The summed E-state index contributed by atoms with van der Waals surface area (Å²) in [5, 5.41) is 0.624. The molecule has 3 rings (SSSR count). The summed E-state index contributed by atoms with van der Waals surface area (Å²) in [7, 11) is 3.25. The van der Waals surface area contributed by atoms with Crippen LogP contribution in [0.3, 0.4) is 0 Å². The third-order valence-electron chi connectivity index (χ3n) is 3.93. The average Bonchev–Trinajstić information content (AvgIpc) is 2.95. The molecule has 1 heterocycles. The normalized spacial score (nSPS) is 17.2. The second-order valence-electron chi connectivity index (χ2n) is 5.42. The molecule has 1 aliphatic rings. The number of amides is 1. The number of thioether (sulfide) groups is 1. The number of methoxy groups -OCH3 is 2. The van der Waals surface area contributed by atoms with E-state index < -0.39 is 0 Å². The highest BCUT2D eigenvalue weighted by molar-refractivity contribution is 8.00. The molecule has 0 bridgehead atoms. The van der Waals surface area contributed by atoms with Crippen molar-refractivity contribution in [1.82, 2.24) is 4.90 Å². The molecule has 6 heteroatoms. The molecule has 1 atom stereocenters. The molecule has 126 valence electrons. The number of carbonyl (C=O) groups excluding carboxylic acids is 1. The quantitative estimate of drug-likeness (QED) is 0.800. The summed E-state index contributed by atoms with van der Waals surface area (Å²) in [4.78, 5) is 14.3. The number of hydrogen-bond acceptors (Lipinski definition) is 4. The molecular formula is C18H18ClNO3S. The molecule has 0 saturated carbocycles. The smallest absolute Gasteiger partial charge is 0.234 e. The minimum atomic E-state index is -0.0490. The van der Waals surface area contributed by atoms with E-state index in [1.807, 2.05) is 47.4 Å². The number of hydrogen-bond donors (Lipinski definition) is 0. The Morgan fingerprint density at radius 3 is 2.75 bits per heavy atom. The molecule has 1 saturated heterocycles. The van der Waals surface area contributed by atoms with Crippen LogP contribution >= 0.6 is 23.4 Å². The Balaban J connectivity index is 1.91. The average molecular weight is 364 g/mol. The molecule has 0 spiro atoms. The zero-order chi connectivity index (χ0) is 17.1. The second kappa shape index (κ2) is 7.36. The molecule has 0 aliphatic carbocycles. The summed E-state index contributed by atoms with van der Waals surface area (Å²) in [6, 6.07) is 13.3. The van der Waals surface area contributed by atoms with Crippen LogP contribution in [0.4, 0.5) is 0 Å². The molecule has 24 heavy (non-hydrogen) atoms. The van der Waals surface area contributed by atoms with Crippen molar-refractivity contribution in [3.63, 3.8) is 0 Å². The standard InChI is InChI=1S/C18H18ClNO3S/c1-22-15-6-7-16(23-2)13(9-15)10-20-17(21)11-24-18(20)12-4-3-5-14(19)8-12/h3-9,18H,10-11H2,1-2H3. The largest absolute Gasteiger partial charge is 0.497 e. The molecule has 2 aromatic rings. The second-order valence-corrected chi connectivity index (χ2v) is 6.92. The number of halogens is 1. The number of rotatable bonds is 5. The highest BCUT2D eigenvalue weighted by atomic mass is 35.5. The molecule has 1 aliphatic heterocycles. The van der Waals surface area contributed by atoms with Gasteiger partial charge >= 0.3 is 0 Å². The fraction of sp³-hybridized carbons (Fsp3) is 0.278. The van der Waals surface area contributed by atoms with Gasteiger partial charge in [0.25, 0.3) is 0 Å². The Morgan fingerprint density at radius 1 is 1.21 bits per heavy atom. The third kappa shape index (κ3) is 3.47. The predicted octanol–water partition coefficient (Wildman–Crippen LogP) is 4.13. The lowest BCUT2D eigenvalue weighted by Gasteiger charge is -2.25. The van der Waals surface area contributed by atoms with Gasteiger partial charge in [-0.25, -0.2) is 0 Å². The van der Waals surface area contributed by atoms with E-state index >= 15 is 0 Å². The summed E-state index contributed by atoms with van der Waals surface area (Å²) in [6.45, 7) is 0.462. The fourth-order valence-electron chi connectivity index (χ4n) is 2.75. The Morgan fingerprint density at radius 2 is 2.04 bits per heavy atom. The van der Waals surface area contributed by atoms with E-state index in [1.54, 1.807) is 26.0 Å². The highest BCUT2D eigenvalue weighted by Gasteiger charge is 2.33. The lowest BCUT2D eigenvalue weighted by molar-refractivity contribution is -0.128. The lowest BCUT2D eigenvalue weighted by Crippen LogP contribution is -2.27. The molecule has 1 fully saturated rings. The maximum Gasteiger partial charge on any atom is 0.234 e. The maximum absolute atomic E-state index is 12.4. The van der Waals surface area contributed by atoms with Crippen LogP contribution in [-0.2, 0) is 11.3 Å². The zero-order valence-corrected chi connectivity index (χ0v) is 15.1. The Labute approximate surface area is 150 Å². The van der Waals surface area contributed by atoms with Crippen molar-refractivity contribution >= 4 is 29.3 Å². The molecule has 0 N–H and O–H groups in total. The summed E-state index contributed by atoms with van der Waals surface area (Å²) in [6.07, 6.45) is 0. The van der Waals surface area contributed by atoms with Crippen molar-refractivity contribution in [2.45, 2.75) is 11.9 Å². The third-order valence-corrected chi connectivity index (χ3v) is 5.42. The highest BCUT2D eigenvalue weighted by Crippen LogP contribution is 2.41. The minimum Gasteiger partial charge on any atom is -0.497 e. The van der Waals surface area contributed by atoms with Gasteiger partial charge < -0.3 is 14.4 Å². The summed E-state index contributed by atoms with van der Waals surface area (Å²) in [5.41, 5.74) is 1.94. The fourth-order valence-corrected chi connectivity index (χ4v) is 4.13. The topological polar surface area (TPSA) is 38.8 Å². The van der Waals surface area contributed by atoms with Crippen molar-refractivity contribution in [3.05, 3.63) is 58.6 Å². The van der Waals surface area contributed by atoms with Crippen molar-refractivity contribution in [1.29, 1.82) is 0 Å². The number of nitrogens with zero attached hydrogens (tertiary/aromatic N) is 1. The van der Waals surface area contributed by atoms with Crippen LogP contribution in [0.2, 0.25) is 5.02 Å². The number of benzene rings is 2. The van der Waals surface area contributed by atoms with Gasteiger partial charge in [0, 0.05) is 10.6 Å². The summed E-state index contributed by atoms with van der Waals surface area (Å²) in [5.74, 6) is 2.05. The van der Waals surface area contributed by atoms with Crippen LogP contribution in [0.15, 0.2) is 42.5 Å². The van der Waals surface area contributed by atoms with Crippen LogP contribution in [0.5, 0.6) is 11.5 Å². The number of ether oxygens (including phenoxy) is 2. The van der Waals surface area contributed by atoms with Gasteiger partial charge in [0.05, 0.1) is 26.5 Å². The predicted molar refractivity (Wildman–Crippen MR) is 96.7 cm³/mol. The number of carbonyl (C=O) groups is 1. The Kier molecular flexibility index (Phi) is 5.21. The van der Waals surface area contributed by atoms with E-state index in [1.165, 1.54) is 0 Å². The Bertz CT molecular complexity index is 753. The van der Waals surface area contributed by atoms with Crippen molar-refractivity contribution < 1.29 is 14.3 Å². The molecule has 1 unspecified atom stereocenters. The van der Waals surface area contributed by atoms with E-state index in [9.17, 15) is 4.79 Å². The maximum atomic E-state index is 12.4. The first-order valence-corrected chi connectivity index (χ1v) is 8.92. The van der Waals surface area contributed by atoms with Crippen molar-refractivity contribution in [2.24, 2.45) is 0 Å². The zero-order valence-electron chi connectivity index (χ0n) is 13.5. The molecule has 0 aromatic heterocycles. The lowest BCUT2D eigenvalue weighted by atomic mass is 10.1. The van der Waals surface area contributed by atoms with Crippen molar-refractivity contribution in [3.8, 4) is 11.5 Å². The first-order valence-electron chi connectivity index (χ1n) is 7.50. The molecule has 1 amide bonds.